The zero-order chi connectivity index (χ0) is 14.6. The van der Waals surface area contributed by atoms with Gasteiger partial charge in [0.25, 0.3) is 0 Å². The number of esters is 1. The van der Waals surface area contributed by atoms with E-state index >= 15 is 0 Å². The lowest BCUT2D eigenvalue weighted by atomic mass is 9.77. The van der Waals surface area contributed by atoms with Crippen LogP contribution in [-0.2, 0) is 9.53 Å². The molecule has 1 fully saturated rings. The van der Waals surface area contributed by atoms with Gasteiger partial charge in [0.2, 0.25) is 0 Å². The third-order valence-electron chi connectivity index (χ3n) is 3.97. The molecule has 4 nitrogen and oxygen atoms in total. The Kier molecular flexibility index (Phi) is 5.81. The summed E-state index contributed by atoms with van der Waals surface area (Å²) in [5.41, 5.74) is -1.79. The minimum atomic E-state index is -1.79. The number of hydrogen-bond acceptors (Lipinski definition) is 4. The second-order valence-corrected chi connectivity index (χ2v) is 6.68. The molecule has 0 radical (unpaired) electrons. The molecule has 0 aromatic rings. The van der Waals surface area contributed by atoms with Crippen LogP contribution in [-0.4, -0.2) is 34.5 Å². The van der Waals surface area contributed by atoms with Gasteiger partial charge in [-0.1, -0.05) is 27.2 Å². The van der Waals surface area contributed by atoms with Crippen LogP contribution in [0.3, 0.4) is 0 Å². The second-order valence-electron chi connectivity index (χ2n) is 6.68. The summed E-state index contributed by atoms with van der Waals surface area (Å²) in [6, 6.07) is 0. The number of carbonyl (C=O) groups excluding carboxylic acids is 1. The molecular weight excluding hydrogens is 244 g/mol. The number of ether oxygens (including phenoxy) is 1. The number of hydrogen-bond donors (Lipinski definition) is 2. The summed E-state index contributed by atoms with van der Waals surface area (Å²) >= 11 is 0. The molecule has 0 bridgehead atoms. The van der Waals surface area contributed by atoms with E-state index in [1.165, 1.54) is 13.3 Å². The summed E-state index contributed by atoms with van der Waals surface area (Å²) < 4.78 is 5.48. The summed E-state index contributed by atoms with van der Waals surface area (Å²) in [7, 11) is 0. The SMILES string of the molecule is CC(C)C[C@@H]1CC[C@@H](C)C[C@H]1OC(=O)C(C)(O)CO. The topological polar surface area (TPSA) is 66.8 Å². The Hall–Kier alpha value is -0.610. The monoisotopic (exact) mass is 272 g/mol. The Morgan fingerprint density at radius 2 is 2.05 bits per heavy atom. The van der Waals surface area contributed by atoms with Crippen molar-refractivity contribution in [3.05, 3.63) is 0 Å². The molecule has 1 aliphatic rings. The first-order chi connectivity index (χ1) is 8.76. The average molecular weight is 272 g/mol. The van der Waals surface area contributed by atoms with E-state index in [0.29, 0.717) is 17.8 Å². The maximum Gasteiger partial charge on any atom is 0.340 e. The van der Waals surface area contributed by atoms with Crippen LogP contribution in [0.1, 0.15) is 53.4 Å². The van der Waals surface area contributed by atoms with E-state index in [-0.39, 0.29) is 6.10 Å². The summed E-state index contributed by atoms with van der Waals surface area (Å²) in [6.07, 6.45) is 3.99. The summed E-state index contributed by atoms with van der Waals surface area (Å²) in [6.45, 7) is 7.18. The minimum Gasteiger partial charge on any atom is -0.460 e. The highest BCUT2D eigenvalue weighted by atomic mass is 16.6. The second kappa shape index (κ2) is 6.71. The molecule has 19 heavy (non-hydrogen) atoms. The smallest absolute Gasteiger partial charge is 0.340 e. The Balaban J connectivity index is 2.67. The van der Waals surface area contributed by atoms with Crippen molar-refractivity contribution in [1.29, 1.82) is 0 Å². The summed E-state index contributed by atoms with van der Waals surface area (Å²) in [4.78, 5) is 11.9. The van der Waals surface area contributed by atoms with Gasteiger partial charge in [0, 0.05) is 0 Å². The van der Waals surface area contributed by atoms with Crippen LogP contribution in [0, 0.1) is 17.8 Å². The first-order valence-corrected chi connectivity index (χ1v) is 7.30. The van der Waals surface area contributed by atoms with Gasteiger partial charge in [-0.2, -0.15) is 0 Å². The maximum atomic E-state index is 11.9. The van der Waals surface area contributed by atoms with Crippen molar-refractivity contribution in [2.45, 2.75) is 65.1 Å². The highest BCUT2D eigenvalue weighted by Crippen LogP contribution is 2.35. The van der Waals surface area contributed by atoms with E-state index in [4.69, 9.17) is 9.84 Å². The normalized spacial score (nSPS) is 31.0. The van der Waals surface area contributed by atoms with Gasteiger partial charge in [0.1, 0.15) is 6.10 Å². The number of aliphatic hydroxyl groups is 2. The molecule has 4 heteroatoms. The Morgan fingerprint density at radius 1 is 1.42 bits per heavy atom. The lowest BCUT2D eigenvalue weighted by Gasteiger charge is -2.36. The zero-order valence-corrected chi connectivity index (χ0v) is 12.6. The molecule has 2 N–H and O–H groups in total. The van der Waals surface area contributed by atoms with Crippen molar-refractivity contribution in [2.24, 2.45) is 17.8 Å². The molecule has 0 heterocycles. The molecule has 0 saturated heterocycles. The van der Waals surface area contributed by atoms with Gasteiger partial charge in [-0.05, 0) is 43.9 Å². The molecule has 1 rings (SSSR count). The molecule has 1 unspecified atom stereocenters. The molecule has 112 valence electrons. The highest BCUT2D eigenvalue weighted by molar-refractivity contribution is 5.79. The molecule has 1 aliphatic carbocycles. The van der Waals surface area contributed by atoms with Crippen LogP contribution in [0.15, 0.2) is 0 Å². The molecule has 0 aliphatic heterocycles. The predicted molar refractivity (Wildman–Crippen MR) is 73.5 cm³/mol. The van der Waals surface area contributed by atoms with Crippen LogP contribution in [0.2, 0.25) is 0 Å². The largest absolute Gasteiger partial charge is 0.460 e. The fourth-order valence-corrected chi connectivity index (χ4v) is 2.74. The van der Waals surface area contributed by atoms with E-state index in [0.717, 1.165) is 19.3 Å². The average Bonchev–Trinajstić information content (AvgIpc) is 2.32. The van der Waals surface area contributed by atoms with Crippen molar-refractivity contribution in [3.63, 3.8) is 0 Å². The minimum absolute atomic E-state index is 0.128. The summed E-state index contributed by atoms with van der Waals surface area (Å²) in [5.74, 6) is 0.774. The van der Waals surface area contributed by atoms with Gasteiger partial charge in [-0.15, -0.1) is 0 Å². The van der Waals surface area contributed by atoms with Crippen molar-refractivity contribution in [1.82, 2.24) is 0 Å². The molecule has 0 aromatic carbocycles. The van der Waals surface area contributed by atoms with E-state index < -0.39 is 18.2 Å². The first kappa shape index (κ1) is 16.4. The lowest BCUT2D eigenvalue weighted by molar-refractivity contribution is -0.178. The van der Waals surface area contributed by atoms with Gasteiger partial charge < -0.3 is 14.9 Å². The Labute approximate surface area is 116 Å². The van der Waals surface area contributed by atoms with Gasteiger partial charge in [0.15, 0.2) is 5.60 Å². The summed E-state index contributed by atoms with van der Waals surface area (Å²) in [5, 5.41) is 18.7. The van der Waals surface area contributed by atoms with E-state index in [9.17, 15) is 9.90 Å². The number of carbonyl (C=O) groups is 1. The van der Waals surface area contributed by atoms with Crippen LogP contribution < -0.4 is 0 Å². The molecular formula is C15H28O4. The number of rotatable bonds is 5. The third-order valence-corrected chi connectivity index (χ3v) is 3.97. The van der Waals surface area contributed by atoms with Gasteiger partial charge in [-0.3, -0.25) is 0 Å². The maximum absolute atomic E-state index is 11.9. The lowest BCUT2D eigenvalue weighted by Crippen LogP contribution is -2.44. The predicted octanol–water partition coefficient (Wildman–Crippen LogP) is 2.12. The van der Waals surface area contributed by atoms with Crippen molar-refractivity contribution in [3.8, 4) is 0 Å². The molecule has 4 atom stereocenters. The van der Waals surface area contributed by atoms with Crippen molar-refractivity contribution in [2.75, 3.05) is 6.61 Å². The van der Waals surface area contributed by atoms with E-state index in [1.807, 2.05) is 0 Å². The van der Waals surface area contributed by atoms with Crippen LogP contribution in [0.25, 0.3) is 0 Å². The third kappa shape index (κ3) is 4.77. The van der Waals surface area contributed by atoms with E-state index in [2.05, 4.69) is 20.8 Å². The first-order valence-electron chi connectivity index (χ1n) is 7.30. The van der Waals surface area contributed by atoms with Crippen LogP contribution in [0.4, 0.5) is 0 Å². The standard InChI is InChI=1S/C15H28O4/c1-10(2)7-12-6-5-11(3)8-13(12)19-14(17)15(4,18)9-16/h10-13,16,18H,5-9H2,1-4H3/t11-,12+,13-,15?/m1/s1. The molecule has 1 saturated carbocycles. The Morgan fingerprint density at radius 3 is 2.58 bits per heavy atom. The van der Waals surface area contributed by atoms with Gasteiger partial charge >= 0.3 is 5.97 Å². The molecule has 0 amide bonds. The van der Waals surface area contributed by atoms with Crippen molar-refractivity contribution < 1.29 is 19.7 Å². The van der Waals surface area contributed by atoms with E-state index in [1.54, 1.807) is 0 Å². The fourth-order valence-electron chi connectivity index (χ4n) is 2.74. The number of aliphatic hydroxyl groups excluding tert-OH is 1. The van der Waals surface area contributed by atoms with Gasteiger partial charge in [-0.25, -0.2) is 4.79 Å². The highest BCUT2D eigenvalue weighted by Gasteiger charge is 2.37. The van der Waals surface area contributed by atoms with Crippen LogP contribution in [0.5, 0.6) is 0 Å². The van der Waals surface area contributed by atoms with Gasteiger partial charge in [0.05, 0.1) is 6.61 Å². The Bertz CT molecular complexity index is 299. The van der Waals surface area contributed by atoms with Crippen LogP contribution >= 0.6 is 0 Å². The molecule has 0 aromatic heterocycles. The zero-order valence-electron chi connectivity index (χ0n) is 12.6. The van der Waals surface area contributed by atoms with Crippen molar-refractivity contribution >= 4 is 5.97 Å². The molecule has 0 spiro atoms. The quantitative estimate of drug-likeness (QED) is 0.752. The fraction of sp³-hybridized carbons (Fsp3) is 0.933.